The van der Waals surface area contributed by atoms with Gasteiger partial charge in [0, 0.05) is 12.6 Å². The lowest BCUT2D eigenvalue weighted by Gasteiger charge is -2.23. The fourth-order valence-electron chi connectivity index (χ4n) is 2.32. The van der Waals surface area contributed by atoms with Crippen LogP contribution >= 0.6 is 23.1 Å². The average Bonchev–Trinajstić information content (AvgIpc) is 3.29. The zero-order valence-corrected chi connectivity index (χ0v) is 13.5. The summed E-state index contributed by atoms with van der Waals surface area (Å²) in [7, 11) is 1.52. The second-order valence-electron chi connectivity index (χ2n) is 5.13. The van der Waals surface area contributed by atoms with Gasteiger partial charge in [0.25, 0.3) is 0 Å². The van der Waals surface area contributed by atoms with Gasteiger partial charge in [0.1, 0.15) is 16.6 Å². The number of methoxy groups -OCH3 is 1. The molecule has 1 N–H and O–H groups in total. The quantitative estimate of drug-likeness (QED) is 0.904. The zero-order valence-electron chi connectivity index (χ0n) is 11.9. The molecule has 2 aromatic rings. The molecule has 0 radical (unpaired) electrons. The first-order valence-electron chi connectivity index (χ1n) is 6.81. The molecule has 1 aromatic carbocycles. The number of phenols is 1. The Morgan fingerprint density at radius 2 is 2.32 bits per heavy atom. The Balaban J connectivity index is 1.91. The summed E-state index contributed by atoms with van der Waals surface area (Å²) in [4.78, 5) is 2.16. The third-order valence-corrected chi connectivity index (χ3v) is 4.85. The molecule has 1 aromatic heterocycles. The van der Waals surface area contributed by atoms with Crippen molar-refractivity contribution in [1.29, 1.82) is 5.26 Å². The van der Waals surface area contributed by atoms with E-state index in [1.165, 1.54) is 18.6 Å². The fourth-order valence-corrected chi connectivity index (χ4v) is 3.42. The summed E-state index contributed by atoms with van der Waals surface area (Å²) in [6.07, 6.45) is 2.19. The van der Waals surface area contributed by atoms with E-state index in [1.54, 1.807) is 12.1 Å². The molecule has 1 fully saturated rings. The van der Waals surface area contributed by atoms with Crippen molar-refractivity contribution in [2.45, 2.75) is 25.4 Å². The van der Waals surface area contributed by atoms with Crippen LogP contribution in [-0.2, 0) is 6.54 Å². The Bertz CT molecular complexity index is 737. The lowest BCUT2D eigenvalue weighted by molar-refractivity contribution is 0.373. The molecule has 22 heavy (non-hydrogen) atoms. The first-order chi connectivity index (χ1) is 10.6. The molecular weight excluding hydrogens is 322 g/mol. The van der Waals surface area contributed by atoms with E-state index in [-0.39, 0.29) is 10.9 Å². The van der Waals surface area contributed by atoms with Gasteiger partial charge in [0.15, 0.2) is 16.7 Å². The highest BCUT2D eigenvalue weighted by atomic mass is 35.5. The smallest absolute Gasteiger partial charge is 0.162 e. The molecule has 1 saturated carbocycles. The lowest BCUT2D eigenvalue weighted by atomic mass is 10.2. The largest absolute Gasteiger partial charge is 0.504 e. The van der Waals surface area contributed by atoms with Crippen molar-refractivity contribution >= 4 is 28.1 Å². The molecule has 1 aliphatic carbocycles. The molecule has 0 aliphatic heterocycles. The highest BCUT2D eigenvalue weighted by Gasteiger charge is 2.32. The van der Waals surface area contributed by atoms with E-state index in [1.807, 2.05) is 6.07 Å². The number of phenolic OH excluding ortho intramolecular Hbond substituents is 1. The molecule has 0 amide bonds. The van der Waals surface area contributed by atoms with Gasteiger partial charge in [-0.05, 0) is 42.1 Å². The van der Waals surface area contributed by atoms with Gasteiger partial charge in [-0.15, -0.1) is 0 Å². The minimum absolute atomic E-state index is 0.114. The molecule has 0 spiro atoms. The Labute approximate surface area is 137 Å². The number of benzene rings is 1. The molecule has 0 unspecified atom stereocenters. The van der Waals surface area contributed by atoms with Crippen LogP contribution in [-0.4, -0.2) is 22.6 Å². The Kier molecular flexibility index (Phi) is 4.10. The summed E-state index contributed by atoms with van der Waals surface area (Å²) in [5.41, 5.74) is 1.43. The van der Waals surface area contributed by atoms with Crippen molar-refractivity contribution in [3.63, 3.8) is 0 Å². The van der Waals surface area contributed by atoms with Gasteiger partial charge in [-0.3, -0.25) is 0 Å². The minimum Gasteiger partial charge on any atom is -0.504 e. The van der Waals surface area contributed by atoms with Crippen molar-refractivity contribution in [2.24, 2.45) is 0 Å². The summed E-state index contributed by atoms with van der Waals surface area (Å²) < 4.78 is 9.23. The number of rotatable bonds is 5. The van der Waals surface area contributed by atoms with E-state index in [4.69, 9.17) is 16.3 Å². The van der Waals surface area contributed by atoms with Crippen LogP contribution in [0.2, 0.25) is 5.15 Å². The van der Waals surface area contributed by atoms with Gasteiger partial charge >= 0.3 is 0 Å². The number of nitrogens with zero attached hydrogens (tertiary/aromatic N) is 3. The third-order valence-electron chi connectivity index (χ3n) is 3.59. The molecule has 0 atom stereocenters. The molecule has 0 saturated heterocycles. The second kappa shape index (κ2) is 6.03. The van der Waals surface area contributed by atoms with Gasteiger partial charge in [0.05, 0.1) is 7.11 Å². The monoisotopic (exact) mass is 335 g/mol. The van der Waals surface area contributed by atoms with Gasteiger partial charge in [-0.1, -0.05) is 17.7 Å². The normalized spacial score (nSPS) is 13.7. The SMILES string of the molecule is COc1cc(CN(c2snc(Cl)c2C#N)C2CC2)ccc1O. The Morgan fingerprint density at radius 3 is 2.95 bits per heavy atom. The van der Waals surface area contributed by atoms with Crippen LogP contribution in [0.5, 0.6) is 11.5 Å². The van der Waals surface area contributed by atoms with Crippen LogP contribution in [0.15, 0.2) is 18.2 Å². The minimum atomic E-state index is 0.114. The van der Waals surface area contributed by atoms with Crippen LogP contribution in [0.3, 0.4) is 0 Å². The van der Waals surface area contributed by atoms with E-state index in [0.717, 1.165) is 23.4 Å². The standard InChI is InChI=1S/C15H14ClN3O2S/c1-21-13-6-9(2-5-12(13)20)8-19(10-3-4-10)15-11(7-17)14(16)18-22-15/h2,5-6,10,20H,3-4,8H2,1H3. The summed E-state index contributed by atoms with van der Waals surface area (Å²) in [5.74, 6) is 0.555. The van der Waals surface area contributed by atoms with Gasteiger partial charge in [-0.2, -0.15) is 9.64 Å². The molecule has 7 heteroatoms. The number of nitriles is 1. The number of aromatic hydroxyl groups is 1. The van der Waals surface area contributed by atoms with Crippen molar-refractivity contribution < 1.29 is 9.84 Å². The van der Waals surface area contributed by atoms with E-state index < -0.39 is 0 Å². The highest BCUT2D eigenvalue weighted by Crippen LogP contribution is 2.40. The molecule has 0 bridgehead atoms. The summed E-state index contributed by atoms with van der Waals surface area (Å²) in [6, 6.07) is 7.81. The molecule has 1 heterocycles. The number of halogens is 1. The number of ether oxygens (including phenoxy) is 1. The highest BCUT2D eigenvalue weighted by molar-refractivity contribution is 7.10. The van der Waals surface area contributed by atoms with Crippen LogP contribution in [0.1, 0.15) is 24.0 Å². The van der Waals surface area contributed by atoms with E-state index in [2.05, 4.69) is 15.3 Å². The van der Waals surface area contributed by atoms with Crippen molar-refractivity contribution in [1.82, 2.24) is 4.37 Å². The lowest BCUT2D eigenvalue weighted by Crippen LogP contribution is -2.24. The predicted molar refractivity (Wildman–Crippen MR) is 85.7 cm³/mol. The maximum Gasteiger partial charge on any atom is 0.162 e. The average molecular weight is 336 g/mol. The van der Waals surface area contributed by atoms with Gasteiger partial charge in [0.2, 0.25) is 0 Å². The first kappa shape index (κ1) is 14.9. The summed E-state index contributed by atoms with van der Waals surface area (Å²) in [6.45, 7) is 0.620. The molecule has 1 aliphatic rings. The third kappa shape index (κ3) is 2.82. The topological polar surface area (TPSA) is 69.4 Å². The number of aromatic nitrogens is 1. The van der Waals surface area contributed by atoms with Crippen LogP contribution in [0.4, 0.5) is 5.00 Å². The number of hydrogen-bond acceptors (Lipinski definition) is 6. The van der Waals surface area contributed by atoms with Gasteiger partial charge in [-0.25, -0.2) is 0 Å². The molecule has 3 rings (SSSR count). The maximum atomic E-state index is 9.69. The Hall–Kier alpha value is -1.97. The second-order valence-corrected chi connectivity index (χ2v) is 6.24. The molecular formula is C15H14ClN3O2S. The zero-order chi connectivity index (χ0) is 15.7. The summed E-state index contributed by atoms with van der Waals surface area (Å²) >= 11 is 7.23. The van der Waals surface area contributed by atoms with Crippen LogP contribution in [0.25, 0.3) is 0 Å². The summed E-state index contributed by atoms with van der Waals surface area (Å²) in [5, 5.41) is 20.0. The number of anilines is 1. The van der Waals surface area contributed by atoms with E-state index in [0.29, 0.717) is 23.9 Å². The number of hydrogen-bond donors (Lipinski definition) is 1. The van der Waals surface area contributed by atoms with Crippen LogP contribution < -0.4 is 9.64 Å². The van der Waals surface area contributed by atoms with Gasteiger partial charge < -0.3 is 14.7 Å². The molecule has 114 valence electrons. The molecule has 5 nitrogen and oxygen atoms in total. The Morgan fingerprint density at radius 1 is 1.55 bits per heavy atom. The van der Waals surface area contributed by atoms with Crippen molar-refractivity contribution in [3.05, 3.63) is 34.5 Å². The van der Waals surface area contributed by atoms with E-state index in [9.17, 15) is 10.4 Å². The van der Waals surface area contributed by atoms with Crippen LogP contribution in [0, 0.1) is 11.3 Å². The van der Waals surface area contributed by atoms with Crippen molar-refractivity contribution in [2.75, 3.05) is 12.0 Å². The predicted octanol–water partition coefficient (Wildman–Crippen LogP) is 3.55. The fraction of sp³-hybridized carbons (Fsp3) is 0.333. The van der Waals surface area contributed by atoms with Crippen molar-refractivity contribution in [3.8, 4) is 17.6 Å². The van der Waals surface area contributed by atoms with E-state index >= 15 is 0 Å². The maximum absolute atomic E-state index is 9.69. The first-order valence-corrected chi connectivity index (χ1v) is 7.97.